The molecular weight excluding hydrogens is 506 g/mol. The molecule has 1 saturated heterocycles. The Kier molecular flexibility index (Phi) is 5.50. The van der Waals surface area contributed by atoms with E-state index in [9.17, 15) is 21.6 Å². The highest BCUT2D eigenvalue weighted by atomic mass is 127. The van der Waals surface area contributed by atoms with Crippen LogP contribution < -0.4 is 9.08 Å². The van der Waals surface area contributed by atoms with E-state index in [1.54, 1.807) is 28.7 Å². The molecule has 1 aliphatic rings. The van der Waals surface area contributed by atoms with E-state index in [1.807, 2.05) is 4.90 Å². The molecule has 0 atom stereocenters. The van der Waals surface area contributed by atoms with Gasteiger partial charge in [0, 0.05) is 17.6 Å². The van der Waals surface area contributed by atoms with E-state index in [0.717, 1.165) is 0 Å². The van der Waals surface area contributed by atoms with Crippen molar-refractivity contribution in [1.29, 1.82) is 0 Å². The Balaban J connectivity index is 2.39. The third kappa shape index (κ3) is 3.97. The zero-order valence-electron chi connectivity index (χ0n) is 10.9. The van der Waals surface area contributed by atoms with Crippen LogP contribution in [0.5, 0.6) is 5.75 Å². The normalized spacial score (nSPS) is 16.7. The maximum atomic E-state index is 12.5. The van der Waals surface area contributed by atoms with Crippen LogP contribution in [-0.2, 0) is 14.9 Å². The molecule has 0 unspecified atom stereocenters. The first-order valence-electron chi connectivity index (χ1n) is 5.94. The average Bonchev–Trinajstić information content (AvgIpc) is 2.42. The number of benzene rings is 1. The summed E-state index contributed by atoms with van der Waals surface area (Å²) in [5, 5.41) is 0. The SMILES string of the molecule is O=S(=O)(Oc1cc(Br)cc(N2CCOCC2)c1I)C(F)(F)F. The van der Waals surface area contributed by atoms with Crippen molar-refractivity contribution in [2.24, 2.45) is 0 Å². The van der Waals surface area contributed by atoms with E-state index >= 15 is 0 Å². The maximum Gasteiger partial charge on any atom is 0.534 e. The predicted molar refractivity (Wildman–Crippen MR) is 85.5 cm³/mol. The zero-order valence-corrected chi connectivity index (χ0v) is 15.4. The summed E-state index contributed by atoms with van der Waals surface area (Å²) in [6.07, 6.45) is 0. The first kappa shape index (κ1) is 18.1. The summed E-state index contributed by atoms with van der Waals surface area (Å²) in [4.78, 5) is 1.89. The van der Waals surface area contributed by atoms with Gasteiger partial charge in [0.05, 0.1) is 22.5 Å². The molecule has 0 saturated carbocycles. The van der Waals surface area contributed by atoms with Crippen LogP contribution in [0, 0.1) is 3.57 Å². The minimum Gasteiger partial charge on any atom is -0.378 e. The van der Waals surface area contributed by atoms with Gasteiger partial charge in [-0.3, -0.25) is 0 Å². The number of ether oxygens (including phenoxy) is 1. The number of nitrogens with zero attached hydrogens (tertiary/aromatic N) is 1. The summed E-state index contributed by atoms with van der Waals surface area (Å²) >= 11 is 4.92. The quantitative estimate of drug-likeness (QED) is 0.352. The molecule has 0 radical (unpaired) electrons. The minimum absolute atomic E-state index is 0.288. The number of alkyl halides is 3. The monoisotopic (exact) mass is 515 g/mol. The fraction of sp³-hybridized carbons (Fsp3) is 0.455. The summed E-state index contributed by atoms with van der Waals surface area (Å²) in [6, 6.07) is 2.88. The van der Waals surface area contributed by atoms with Crippen molar-refractivity contribution < 1.29 is 30.5 Å². The number of hydrogen-bond acceptors (Lipinski definition) is 5. The molecule has 0 spiro atoms. The van der Waals surface area contributed by atoms with Crippen molar-refractivity contribution in [2.45, 2.75) is 5.51 Å². The second-order valence-corrected chi connectivity index (χ2v) is 7.85. The third-order valence-corrected chi connectivity index (χ3v) is 5.33. The van der Waals surface area contributed by atoms with Gasteiger partial charge < -0.3 is 13.8 Å². The zero-order chi connectivity index (χ0) is 16.5. The molecule has 0 aliphatic carbocycles. The maximum absolute atomic E-state index is 12.5. The van der Waals surface area contributed by atoms with E-state index in [0.29, 0.717) is 36.5 Å². The minimum atomic E-state index is -5.71. The van der Waals surface area contributed by atoms with Crippen LogP contribution >= 0.6 is 38.5 Å². The van der Waals surface area contributed by atoms with Crippen molar-refractivity contribution in [1.82, 2.24) is 0 Å². The molecule has 1 fully saturated rings. The van der Waals surface area contributed by atoms with Crippen LogP contribution in [0.4, 0.5) is 18.9 Å². The molecular formula is C11H10BrF3INO4S. The van der Waals surface area contributed by atoms with Crippen molar-refractivity contribution >= 4 is 54.3 Å². The Labute approximate surface area is 147 Å². The molecule has 124 valence electrons. The molecule has 1 aromatic carbocycles. The molecule has 0 N–H and O–H groups in total. The second-order valence-electron chi connectivity index (χ2n) is 4.32. The molecule has 1 heterocycles. The van der Waals surface area contributed by atoms with E-state index in [1.165, 1.54) is 6.07 Å². The number of anilines is 1. The molecule has 11 heteroatoms. The van der Waals surface area contributed by atoms with Gasteiger partial charge in [-0.1, -0.05) is 15.9 Å². The fourth-order valence-corrected chi connectivity index (χ4v) is 3.61. The van der Waals surface area contributed by atoms with Gasteiger partial charge in [-0.15, -0.1) is 0 Å². The Bertz CT molecular complexity index is 662. The number of halogens is 5. The van der Waals surface area contributed by atoms with Crippen LogP contribution in [0.1, 0.15) is 0 Å². The summed E-state index contributed by atoms with van der Waals surface area (Å²) in [7, 11) is -5.71. The van der Waals surface area contributed by atoms with Gasteiger partial charge >= 0.3 is 15.6 Å². The molecule has 1 aliphatic heterocycles. The highest BCUT2D eigenvalue weighted by molar-refractivity contribution is 14.1. The lowest BCUT2D eigenvalue weighted by Crippen LogP contribution is -2.36. The Morgan fingerprint density at radius 3 is 2.41 bits per heavy atom. The van der Waals surface area contributed by atoms with Crippen molar-refractivity contribution in [3.05, 3.63) is 20.2 Å². The van der Waals surface area contributed by atoms with Gasteiger partial charge in [-0.2, -0.15) is 21.6 Å². The van der Waals surface area contributed by atoms with Gasteiger partial charge in [0.2, 0.25) is 0 Å². The Morgan fingerprint density at radius 2 is 1.86 bits per heavy atom. The Morgan fingerprint density at radius 1 is 1.27 bits per heavy atom. The van der Waals surface area contributed by atoms with Crippen LogP contribution in [-0.4, -0.2) is 40.2 Å². The van der Waals surface area contributed by atoms with E-state index in [-0.39, 0.29) is 9.32 Å². The predicted octanol–water partition coefficient (Wildman–Crippen LogP) is 3.12. The molecule has 22 heavy (non-hydrogen) atoms. The van der Waals surface area contributed by atoms with Gasteiger partial charge in [-0.25, -0.2) is 0 Å². The van der Waals surface area contributed by atoms with Gasteiger partial charge in [-0.05, 0) is 34.7 Å². The average molecular weight is 516 g/mol. The molecule has 1 aromatic rings. The van der Waals surface area contributed by atoms with Gasteiger partial charge in [0.15, 0.2) is 5.75 Å². The summed E-state index contributed by atoms with van der Waals surface area (Å²) < 4.78 is 69.9. The van der Waals surface area contributed by atoms with Crippen LogP contribution in [0.25, 0.3) is 0 Å². The summed E-state index contributed by atoms with van der Waals surface area (Å²) in [5.74, 6) is -0.367. The van der Waals surface area contributed by atoms with Crippen LogP contribution in [0.15, 0.2) is 16.6 Å². The molecule has 0 bridgehead atoms. The van der Waals surface area contributed by atoms with E-state index in [4.69, 9.17) is 4.74 Å². The second kappa shape index (κ2) is 6.69. The lowest BCUT2D eigenvalue weighted by Gasteiger charge is -2.30. The molecule has 2 rings (SSSR count). The largest absolute Gasteiger partial charge is 0.534 e. The lowest BCUT2D eigenvalue weighted by molar-refractivity contribution is -0.0500. The van der Waals surface area contributed by atoms with Crippen LogP contribution in [0.3, 0.4) is 0 Å². The number of rotatable bonds is 3. The molecule has 0 amide bonds. The lowest BCUT2D eigenvalue weighted by atomic mass is 10.2. The summed E-state index contributed by atoms with van der Waals surface area (Å²) in [5.41, 5.74) is -4.89. The van der Waals surface area contributed by atoms with Gasteiger partial charge in [0.1, 0.15) is 0 Å². The van der Waals surface area contributed by atoms with Crippen molar-refractivity contribution in [3.8, 4) is 5.75 Å². The highest BCUT2D eigenvalue weighted by Gasteiger charge is 2.49. The van der Waals surface area contributed by atoms with Crippen molar-refractivity contribution in [2.75, 3.05) is 31.2 Å². The third-order valence-electron chi connectivity index (χ3n) is 2.82. The summed E-state index contributed by atoms with van der Waals surface area (Å²) in [6.45, 7) is 2.08. The fourth-order valence-electron chi connectivity index (χ4n) is 1.81. The Hall–Kier alpha value is -0.270. The molecule has 5 nitrogen and oxygen atoms in total. The first-order chi connectivity index (χ1) is 10.1. The topological polar surface area (TPSA) is 55.8 Å². The highest BCUT2D eigenvalue weighted by Crippen LogP contribution is 2.37. The van der Waals surface area contributed by atoms with Gasteiger partial charge in [0.25, 0.3) is 0 Å². The molecule has 0 aromatic heterocycles. The smallest absolute Gasteiger partial charge is 0.378 e. The number of morpholine rings is 1. The van der Waals surface area contributed by atoms with Crippen molar-refractivity contribution in [3.63, 3.8) is 0 Å². The van der Waals surface area contributed by atoms with E-state index in [2.05, 4.69) is 20.1 Å². The number of hydrogen-bond donors (Lipinski definition) is 0. The standard InChI is InChI=1S/C11H10BrF3INO4S/c12-7-5-8(17-1-3-20-4-2-17)10(16)9(6-7)21-22(18,19)11(13,14)15/h5-6H,1-4H2. The van der Waals surface area contributed by atoms with Crippen LogP contribution in [0.2, 0.25) is 0 Å². The first-order valence-corrected chi connectivity index (χ1v) is 9.22. The van der Waals surface area contributed by atoms with E-state index < -0.39 is 15.6 Å².